The molecule has 4 rings (SSSR count). The highest BCUT2D eigenvalue weighted by molar-refractivity contribution is 7.15. The summed E-state index contributed by atoms with van der Waals surface area (Å²) in [5.41, 5.74) is 3.04. The number of aromatic nitrogens is 3. The second-order valence-corrected chi connectivity index (χ2v) is 6.90. The molecule has 4 heterocycles. The SMILES string of the molecule is O=C(c1cncs1)N1CCC(c2csc3nccn23)CC1. The van der Waals surface area contributed by atoms with Crippen molar-refractivity contribution in [3.05, 3.63) is 40.1 Å². The molecule has 1 aliphatic rings. The van der Waals surface area contributed by atoms with Gasteiger partial charge in [-0.2, -0.15) is 0 Å². The average molecular weight is 318 g/mol. The molecule has 21 heavy (non-hydrogen) atoms. The van der Waals surface area contributed by atoms with Gasteiger partial charge in [0, 0.05) is 42.5 Å². The molecule has 3 aromatic rings. The van der Waals surface area contributed by atoms with E-state index in [4.69, 9.17) is 0 Å². The topological polar surface area (TPSA) is 50.5 Å². The first kappa shape index (κ1) is 13.0. The molecule has 0 unspecified atom stereocenters. The molecule has 1 aliphatic heterocycles. The first-order valence-corrected chi connectivity index (χ1v) is 8.67. The van der Waals surface area contributed by atoms with E-state index >= 15 is 0 Å². The van der Waals surface area contributed by atoms with Crippen molar-refractivity contribution in [3.8, 4) is 0 Å². The maximum Gasteiger partial charge on any atom is 0.265 e. The average Bonchev–Trinajstić information content (AvgIpc) is 3.24. The molecule has 1 saturated heterocycles. The molecule has 7 heteroatoms. The van der Waals surface area contributed by atoms with E-state index < -0.39 is 0 Å². The summed E-state index contributed by atoms with van der Waals surface area (Å²) in [5, 5.41) is 2.20. The van der Waals surface area contributed by atoms with E-state index in [2.05, 4.69) is 19.7 Å². The Balaban J connectivity index is 1.47. The molecule has 1 amide bonds. The van der Waals surface area contributed by atoms with Gasteiger partial charge >= 0.3 is 0 Å². The predicted octanol–water partition coefficient (Wildman–Crippen LogP) is 2.87. The molecule has 0 spiro atoms. The van der Waals surface area contributed by atoms with Crippen LogP contribution in [-0.2, 0) is 0 Å². The largest absolute Gasteiger partial charge is 0.338 e. The van der Waals surface area contributed by atoms with Gasteiger partial charge < -0.3 is 4.90 Å². The zero-order valence-corrected chi connectivity index (χ0v) is 12.9. The van der Waals surface area contributed by atoms with Gasteiger partial charge in [0.25, 0.3) is 5.91 Å². The molecule has 0 aliphatic carbocycles. The number of hydrogen-bond donors (Lipinski definition) is 0. The van der Waals surface area contributed by atoms with Gasteiger partial charge in [0.2, 0.25) is 0 Å². The quantitative estimate of drug-likeness (QED) is 0.730. The number of thiazole rings is 2. The smallest absolute Gasteiger partial charge is 0.265 e. The number of hydrogen-bond acceptors (Lipinski definition) is 5. The summed E-state index contributed by atoms with van der Waals surface area (Å²) >= 11 is 3.10. The van der Waals surface area contributed by atoms with Crippen molar-refractivity contribution < 1.29 is 4.79 Å². The molecule has 0 radical (unpaired) electrons. The summed E-state index contributed by atoms with van der Waals surface area (Å²) in [4.78, 5) is 24.3. The van der Waals surface area contributed by atoms with Crippen LogP contribution in [-0.4, -0.2) is 38.3 Å². The number of piperidine rings is 1. The number of rotatable bonds is 2. The van der Waals surface area contributed by atoms with E-state index in [0.717, 1.165) is 35.8 Å². The molecule has 5 nitrogen and oxygen atoms in total. The van der Waals surface area contributed by atoms with Crippen LogP contribution in [0.4, 0.5) is 0 Å². The van der Waals surface area contributed by atoms with Gasteiger partial charge in [-0.1, -0.05) is 0 Å². The van der Waals surface area contributed by atoms with Crippen molar-refractivity contribution in [2.24, 2.45) is 0 Å². The summed E-state index contributed by atoms with van der Waals surface area (Å²) in [6, 6.07) is 0. The number of fused-ring (bicyclic) bond motifs is 1. The number of amides is 1. The molecule has 0 N–H and O–H groups in total. The van der Waals surface area contributed by atoms with Gasteiger partial charge in [-0.3, -0.25) is 14.2 Å². The Morgan fingerprint density at radius 3 is 2.90 bits per heavy atom. The Labute approximate surface area is 129 Å². The summed E-state index contributed by atoms with van der Waals surface area (Å²) in [6.45, 7) is 1.63. The van der Waals surface area contributed by atoms with Gasteiger partial charge in [0.15, 0.2) is 4.96 Å². The molecule has 3 aromatic heterocycles. The summed E-state index contributed by atoms with van der Waals surface area (Å²) in [6.07, 6.45) is 7.55. The number of carbonyl (C=O) groups is 1. The lowest BCUT2D eigenvalue weighted by Gasteiger charge is -2.31. The third-order valence-corrected chi connectivity index (χ3v) is 5.65. The van der Waals surface area contributed by atoms with E-state index in [-0.39, 0.29) is 5.91 Å². The Kier molecular flexibility index (Phi) is 3.23. The van der Waals surface area contributed by atoms with E-state index in [9.17, 15) is 4.79 Å². The summed E-state index contributed by atoms with van der Waals surface area (Å²) in [5.74, 6) is 0.632. The van der Waals surface area contributed by atoms with Gasteiger partial charge in [0.05, 0.1) is 11.7 Å². The zero-order chi connectivity index (χ0) is 14.2. The highest BCUT2D eigenvalue weighted by Crippen LogP contribution is 2.31. The second-order valence-electron chi connectivity index (χ2n) is 5.17. The van der Waals surface area contributed by atoms with Crippen molar-refractivity contribution in [1.29, 1.82) is 0 Å². The van der Waals surface area contributed by atoms with Crippen LogP contribution in [0.5, 0.6) is 0 Å². The van der Waals surface area contributed by atoms with Gasteiger partial charge in [-0.15, -0.1) is 22.7 Å². The first-order chi connectivity index (χ1) is 10.3. The van der Waals surface area contributed by atoms with Crippen molar-refractivity contribution in [2.45, 2.75) is 18.8 Å². The minimum atomic E-state index is 0.119. The molecular formula is C14H14N4OS2. The first-order valence-electron chi connectivity index (χ1n) is 6.91. The summed E-state index contributed by atoms with van der Waals surface area (Å²) < 4.78 is 2.18. The lowest BCUT2D eigenvalue weighted by Crippen LogP contribution is -2.37. The minimum absolute atomic E-state index is 0.119. The van der Waals surface area contributed by atoms with Crippen LogP contribution in [0.1, 0.15) is 34.1 Å². The predicted molar refractivity (Wildman–Crippen MR) is 83.1 cm³/mol. The highest BCUT2D eigenvalue weighted by atomic mass is 32.1. The molecule has 108 valence electrons. The van der Waals surface area contributed by atoms with Crippen molar-refractivity contribution >= 4 is 33.5 Å². The van der Waals surface area contributed by atoms with E-state index in [0.29, 0.717) is 5.92 Å². The maximum atomic E-state index is 12.3. The third-order valence-electron chi connectivity index (χ3n) is 4.01. The molecule has 1 fully saturated rings. The van der Waals surface area contributed by atoms with Crippen LogP contribution in [0.3, 0.4) is 0 Å². The van der Waals surface area contributed by atoms with Crippen LogP contribution in [0.15, 0.2) is 29.5 Å². The van der Waals surface area contributed by atoms with Crippen LogP contribution in [0.25, 0.3) is 4.96 Å². The second kappa shape index (κ2) is 5.23. The Bertz CT molecular complexity index is 753. The number of likely N-dealkylation sites (tertiary alicyclic amines) is 1. The van der Waals surface area contributed by atoms with Gasteiger partial charge in [-0.05, 0) is 12.8 Å². The Hall–Kier alpha value is -1.73. The molecule has 0 bridgehead atoms. The number of carbonyl (C=O) groups excluding carboxylic acids is 1. The molecule has 0 saturated carbocycles. The summed E-state index contributed by atoms with van der Waals surface area (Å²) in [7, 11) is 0. The van der Waals surface area contributed by atoms with Crippen molar-refractivity contribution in [3.63, 3.8) is 0 Å². The van der Waals surface area contributed by atoms with E-state index in [1.165, 1.54) is 17.0 Å². The van der Waals surface area contributed by atoms with Gasteiger partial charge in [-0.25, -0.2) is 4.98 Å². The van der Waals surface area contributed by atoms with Crippen LogP contribution in [0, 0.1) is 0 Å². The lowest BCUT2D eigenvalue weighted by molar-refractivity contribution is 0.0716. The van der Waals surface area contributed by atoms with E-state index in [1.807, 2.05) is 17.3 Å². The van der Waals surface area contributed by atoms with Crippen LogP contribution < -0.4 is 0 Å². The van der Waals surface area contributed by atoms with Crippen molar-refractivity contribution in [2.75, 3.05) is 13.1 Å². The standard InChI is InChI=1S/C14H14N4OS2/c19-13(12-7-15-9-21-12)17-4-1-10(2-5-17)11-8-20-14-16-3-6-18(11)14/h3,6-10H,1-2,4-5H2. The third kappa shape index (κ3) is 2.26. The lowest BCUT2D eigenvalue weighted by atomic mass is 9.94. The highest BCUT2D eigenvalue weighted by Gasteiger charge is 2.26. The maximum absolute atomic E-state index is 12.3. The monoisotopic (exact) mass is 318 g/mol. The van der Waals surface area contributed by atoms with Crippen LogP contribution in [0.2, 0.25) is 0 Å². The fraction of sp³-hybridized carbons (Fsp3) is 0.357. The molecule has 0 aromatic carbocycles. The molecule has 0 atom stereocenters. The zero-order valence-electron chi connectivity index (χ0n) is 11.3. The number of nitrogens with zero attached hydrogens (tertiary/aromatic N) is 4. The van der Waals surface area contributed by atoms with E-state index in [1.54, 1.807) is 23.0 Å². The fourth-order valence-corrected chi connectivity index (χ4v) is 4.41. The Morgan fingerprint density at radius 1 is 1.29 bits per heavy atom. The number of imidazole rings is 1. The minimum Gasteiger partial charge on any atom is -0.338 e. The van der Waals surface area contributed by atoms with Gasteiger partial charge in [0.1, 0.15) is 4.88 Å². The fourth-order valence-electron chi connectivity index (χ4n) is 2.89. The molecular weight excluding hydrogens is 304 g/mol. The van der Waals surface area contributed by atoms with Crippen molar-refractivity contribution in [1.82, 2.24) is 19.3 Å². The van der Waals surface area contributed by atoms with Crippen LogP contribution >= 0.6 is 22.7 Å². The Morgan fingerprint density at radius 2 is 2.14 bits per heavy atom. The normalized spacial score (nSPS) is 16.7.